The van der Waals surface area contributed by atoms with Crippen LogP contribution in [-0.2, 0) is 11.3 Å². The number of hydrogen-bond donors (Lipinski definition) is 1. The van der Waals surface area contributed by atoms with E-state index in [1.165, 1.54) is 16.7 Å². The van der Waals surface area contributed by atoms with Gasteiger partial charge in [0.05, 0.1) is 6.54 Å². The number of amides is 1. The molecule has 0 aliphatic carbocycles. The molecule has 1 aromatic heterocycles. The van der Waals surface area contributed by atoms with E-state index >= 15 is 0 Å². The molecule has 4 nitrogen and oxygen atoms in total. The minimum atomic E-state index is -0.469. The Balaban J connectivity index is 2.37. The zero-order chi connectivity index (χ0) is 18.6. The molecule has 25 heavy (non-hydrogen) atoms. The van der Waals surface area contributed by atoms with Gasteiger partial charge in [-0.25, -0.2) is 4.39 Å². The van der Waals surface area contributed by atoms with Crippen LogP contribution in [0, 0.1) is 18.7 Å². The molecule has 134 valence electrons. The van der Waals surface area contributed by atoms with Crippen molar-refractivity contribution >= 4 is 23.2 Å². The quantitative estimate of drug-likeness (QED) is 0.827. The number of carbonyl (C=O) groups excluding carboxylic acids is 1. The van der Waals surface area contributed by atoms with Crippen molar-refractivity contribution in [3.8, 4) is 0 Å². The SMILES string of the molecule is CCC(CC)C(=O)Nc1cc(C)cn(Cc2c(F)cccc2Cl)c1=O. The number of aromatic nitrogens is 1. The van der Waals surface area contributed by atoms with E-state index in [2.05, 4.69) is 5.32 Å². The Bertz CT molecular complexity index is 808. The second-order valence-electron chi connectivity index (χ2n) is 6.07. The van der Waals surface area contributed by atoms with E-state index in [9.17, 15) is 14.0 Å². The average Bonchev–Trinajstić information content (AvgIpc) is 2.56. The van der Waals surface area contributed by atoms with Crippen LogP contribution in [0.25, 0.3) is 0 Å². The van der Waals surface area contributed by atoms with Gasteiger partial charge in [0.1, 0.15) is 11.5 Å². The van der Waals surface area contributed by atoms with Gasteiger partial charge in [-0.1, -0.05) is 31.5 Å². The summed E-state index contributed by atoms with van der Waals surface area (Å²) in [6.45, 7) is 5.68. The maximum atomic E-state index is 14.0. The van der Waals surface area contributed by atoms with Crippen LogP contribution in [0.4, 0.5) is 10.1 Å². The normalized spacial score (nSPS) is 11.0. The van der Waals surface area contributed by atoms with Crippen molar-refractivity contribution in [2.75, 3.05) is 5.32 Å². The summed E-state index contributed by atoms with van der Waals surface area (Å²) in [5.41, 5.74) is 0.842. The summed E-state index contributed by atoms with van der Waals surface area (Å²) in [5, 5.41) is 2.97. The molecule has 1 aromatic carbocycles. The Morgan fingerprint density at radius 3 is 2.60 bits per heavy atom. The van der Waals surface area contributed by atoms with Crippen LogP contribution in [-0.4, -0.2) is 10.5 Å². The minimum absolute atomic E-state index is 0.000124. The van der Waals surface area contributed by atoms with E-state index in [0.717, 1.165) is 5.56 Å². The van der Waals surface area contributed by atoms with Crippen molar-refractivity contribution in [1.29, 1.82) is 0 Å². The zero-order valence-corrected chi connectivity index (χ0v) is 15.4. The number of carbonyl (C=O) groups is 1. The highest BCUT2D eigenvalue weighted by molar-refractivity contribution is 6.31. The Morgan fingerprint density at radius 2 is 2.00 bits per heavy atom. The van der Waals surface area contributed by atoms with Crippen LogP contribution in [0.3, 0.4) is 0 Å². The lowest BCUT2D eigenvalue weighted by atomic mass is 10.0. The number of aryl methyl sites for hydroxylation is 1. The number of hydrogen-bond acceptors (Lipinski definition) is 2. The molecule has 6 heteroatoms. The largest absolute Gasteiger partial charge is 0.321 e. The molecule has 2 aromatic rings. The van der Waals surface area contributed by atoms with Crippen molar-refractivity contribution in [2.24, 2.45) is 5.92 Å². The summed E-state index contributed by atoms with van der Waals surface area (Å²) in [7, 11) is 0. The van der Waals surface area contributed by atoms with Crippen LogP contribution in [0.5, 0.6) is 0 Å². The van der Waals surface area contributed by atoms with Gasteiger partial charge in [0.15, 0.2) is 0 Å². The Morgan fingerprint density at radius 1 is 1.32 bits per heavy atom. The second kappa shape index (κ2) is 8.30. The molecule has 0 radical (unpaired) electrons. The molecule has 2 rings (SSSR count). The van der Waals surface area contributed by atoms with Crippen molar-refractivity contribution < 1.29 is 9.18 Å². The van der Waals surface area contributed by atoms with Crippen molar-refractivity contribution in [3.63, 3.8) is 0 Å². The summed E-state index contributed by atoms with van der Waals surface area (Å²) >= 11 is 6.05. The number of halogens is 2. The minimum Gasteiger partial charge on any atom is -0.321 e. The highest BCUT2D eigenvalue weighted by atomic mass is 35.5. The molecule has 0 unspecified atom stereocenters. The first-order chi connectivity index (χ1) is 11.9. The topological polar surface area (TPSA) is 51.1 Å². The van der Waals surface area contributed by atoms with E-state index in [1.807, 2.05) is 20.8 Å². The highest BCUT2D eigenvalue weighted by Crippen LogP contribution is 2.20. The molecule has 0 atom stereocenters. The Kier molecular flexibility index (Phi) is 6.37. The molecule has 0 aliphatic heterocycles. The van der Waals surface area contributed by atoms with E-state index in [1.54, 1.807) is 18.3 Å². The van der Waals surface area contributed by atoms with Crippen LogP contribution in [0.15, 0.2) is 35.3 Å². The molecular formula is C19H22ClFN2O2. The highest BCUT2D eigenvalue weighted by Gasteiger charge is 2.17. The number of nitrogens with zero attached hydrogens (tertiary/aromatic N) is 1. The van der Waals surface area contributed by atoms with Gasteiger partial charge in [-0.15, -0.1) is 0 Å². The molecule has 0 bridgehead atoms. The summed E-state index contributed by atoms with van der Waals surface area (Å²) in [6, 6.07) is 6.03. The lowest BCUT2D eigenvalue weighted by molar-refractivity contribution is -0.120. The third-order valence-corrected chi connectivity index (χ3v) is 4.58. The summed E-state index contributed by atoms with van der Waals surface area (Å²) in [5.74, 6) is -0.791. The summed E-state index contributed by atoms with van der Waals surface area (Å²) in [4.78, 5) is 24.9. The third-order valence-electron chi connectivity index (χ3n) is 4.23. The molecule has 0 saturated carbocycles. The molecular weight excluding hydrogens is 343 g/mol. The molecule has 0 spiro atoms. The molecule has 0 fully saturated rings. The molecule has 0 aliphatic rings. The third kappa shape index (κ3) is 4.48. The lowest BCUT2D eigenvalue weighted by Gasteiger charge is -2.15. The monoisotopic (exact) mass is 364 g/mol. The number of rotatable bonds is 6. The fourth-order valence-electron chi connectivity index (χ4n) is 2.74. The first-order valence-corrected chi connectivity index (χ1v) is 8.70. The van der Waals surface area contributed by atoms with Gasteiger partial charge in [-0.05, 0) is 43.5 Å². The van der Waals surface area contributed by atoms with Crippen LogP contribution in [0.2, 0.25) is 5.02 Å². The Hall–Kier alpha value is -2.14. The van der Waals surface area contributed by atoms with Gasteiger partial charge in [0.25, 0.3) is 5.56 Å². The van der Waals surface area contributed by atoms with Gasteiger partial charge in [-0.3, -0.25) is 9.59 Å². The molecule has 1 heterocycles. The van der Waals surface area contributed by atoms with Crippen LogP contribution >= 0.6 is 11.6 Å². The van der Waals surface area contributed by atoms with E-state index in [-0.39, 0.29) is 40.2 Å². The summed E-state index contributed by atoms with van der Waals surface area (Å²) < 4.78 is 15.4. The average molecular weight is 365 g/mol. The number of pyridine rings is 1. The molecule has 1 N–H and O–H groups in total. The number of anilines is 1. The second-order valence-corrected chi connectivity index (χ2v) is 6.47. The van der Waals surface area contributed by atoms with Gasteiger partial charge in [0.2, 0.25) is 5.91 Å². The lowest BCUT2D eigenvalue weighted by Crippen LogP contribution is -2.29. The maximum absolute atomic E-state index is 14.0. The fourth-order valence-corrected chi connectivity index (χ4v) is 2.96. The van der Waals surface area contributed by atoms with E-state index < -0.39 is 5.82 Å². The predicted molar refractivity (Wildman–Crippen MR) is 98.7 cm³/mol. The van der Waals surface area contributed by atoms with E-state index in [4.69, 9.17) is 11.6 Å². The summed E-state index contributed by atoms with van der Waals surface area (Å²) in [6.07, 6.45) is 3.03. The van der Waals surface area contributed by atoms with Gasteiger partial charge >= 0.3 is 0 Å². The Labute approximate surface area is 151 Å². The maximum Gasteiger partial charge on any atom is 0.274 e. The molecule has 1 amide bonds. The van der Waals surface area contributed by atoms with E-state index in [0.29, 0.717) is 12.8 Å². The predicted octanol–water partition coefficient (Wildman–Crippen LogP) is 4.37. The van der Waals surface area contributed by atoms with Crippen molar-refractivity contribution in [3.05, 3.63) is 62.8 Å². The van der Waals surface area contributed by atoms with Gasteiger partial charge in [0, 0.05) is 22.7 Å². The first-order valence-electron chi connectivity index (χ1n) is 8.32. The smallest absolute Gasteiger partial charge is 0.274 e. The van der Waals surface area contributed by atoms with Gasteiger partial charge < -0.3 is 9.88 Å². The van der Waals surface area contributed by atoms with Crippen LogP contribution in [0.1, 0.15) is 37.8 Å². The molecule has 0 saturated heterocycles. The van der Waals surface area contributed by atoms with Crippen molar-refractivity contribution in [2.45, 2.75) is 40.2 Å². The zero-order valence-electron chi connectivity index (χ0n) is 14.6. The van der Waals surface area contributed by atoms with Crippen LogP contribution < -0.4 is 10.9 Å². The fraction of sp³-hybridized carbons (Fsp3) is 0.368. The number of benzene rings is 1. The number of nitrogens with one attached hydrogen (secondary N) is 1. The van der Waals surface area contributed by atoms with Crippen molar-refractivity contribution in [1.82, 2.24) is 4.57 Å². The first kappa shape index (κ1) is 19.2. The van der Waals surface area contributed by atoms with Gasteiger partial charge in [-0.2, -0.15) is 0 Å². The standard InChI is InChI=1S/C19H22ClFN2O2/c1-4-13(5-2)18(24)22-17-9-12(3)10-23(19(17)25)11-14-15(20)7-6-8-16(14)21/h6-10,13H,4-5,11H2,1-3H3,(H,22,24).